The molecular weight excluding hydrogens is 974 g/mol. The Bertz CT molecular complexity index is 3180. The molecule has 0 atom stereocenters. The van der Waals surface area contributed by atoms with Crippen molar-refractivity contribution in [3.05, 3.63) is 117 Å². The number of ether oxygens (including phenoxy) is 4. The number of imidazole rings is 2. The zero-order valence-electron chi connectivity index (χ0n) is 37.1. The highest BCUT2D eigenvalue weighted by atomic mass is 35.5. The van der Waals surface area contributed by atoms with Gasteiger partial charge in [0.05, 0.1) is 56.4 Å². The van der Waals surface area contributed by atoms with Crippen LogP contribution in [0, 0.1) is 0 Å². The summed E-state index contributed by atoms with van der Waals surface area (Å²) in [6.45, 7) is 3.21. The predicted octanol–water partition coefficient (Wildman–Crippen LogP) is 9.71. The number of halogens is 4. The van der Waals surface area contributed by atoms with Crippen LogP contribution in [0.5, 0.6) is 11.5 Å². The molecule has 68 heavy (non-hydrogen) atoms. The van der Waals surface area contributed by atoms with Gasteiger partial charge in [0.25, 0.3) is 0 Å². The Morgan fingerprint density at radius 1 is 0.618 bits per heavy atom. The monoisotopic (exact) mass is 1020 g/mol. The van der Waals surface area contributed by atoms with E-state index in [1.807, 2.05) is 41.0 Å². The Hall–Kier alpha value is -5.63. The second-order valence-electron chi connectivity index (χ2n) is 15.7. The van der Waals surface area contributed by atoms with Crippen LogP contribution in [0.3, 0.4) is 0 Å². The lowest BCUT2D eigenvalue weighted by molar-refractivity contribution is 0.0866. The molecule has 2 aliphatic rings. The lowest BCUT2D eigenvalue weighted by Gasteiger charge is -2.23. The van der Waals surface area contributed by atoms with Crippen LogP contribution in [-0.2, 0) is 19.3 Å². The molecule has 0 amide bonds. The normalized spacial score (nSPS) is 14.5. The minimum atomic E-state index is -3.58. The number of nitrogens with two attached hydrogens (primary N) is 1. The molecule has 4 aromatic heterocycles. The Kier molecular flexibility index (Phi) is 15.6. The molecule has 2 aliphatic heterocycles. The molecular formula is C47H46Cl4N10O6S. The number of hydrogen-bond donors (Lipinski definition) is 2. The molecule has 3 N–H and O–H groups in total. The van der Waals surface area contributed by atoms with E-state index in [2.05, 4.69) is 20.3 Å². The van der Waals surface area contributed by atoms with Gasteiger partial charge < -0.3 is 30.0 Å². The fraction of sp³-hybridized carbons (Fsp3) is 0.277. The van der Waals surface area contributed by atoms with E-state index < -0.39 is 9.84 Å². The summed E-state index contributed by atoms with van der Waals surface area (Å²) in [5.74, 6) is 4.21. The maximum Gasteiger partial charge on any atom is 0.248 e. The number of nitrogens with one attached hydrogen (secondary N) is 1. The third-order valence-electron chi connectivity index (χ3n) is 10.9. The van der Waals surface area contributed by atoms with Gasteiger partial charge in [-0.15, -0.1) is 0 Å². The average Bonchev–Trinajstić information content (AvgIpc) is 3.93. The molecule has 0 radical (unpaired) electrons. The summed E-state index contributed by atoms with van der Waals surface area (Å²) in [5, 5.41) is 4.90. The van der Waals surface area contributed by atoms with E-state index in [9.17, 15) is 8.42 Å². The SMILES string of the molecule is COc1ccc2c(c1)nc(-c1ccc(Cl)c(Cl)c1)n2-c1ccnc(NC2CCOCC2)n1.COc1ccc2c(c1)nc(-c1ccc(Cl)c(Cl)c1)n2-c1ccnc(S(C)(=O)=O)n1.NC1CCOCC1. The van der Waals surface area contributed by atoms with Crippen LogP contribution in [-0.4, -0.2) is 106 Å². The van der Waals surface area contributed by atoms with Crippen LogP contribution in [0.15, 0.2) is 102 Å². The Labute approximate surface area is 412 Å². The molecule has 8 aromatic rings. The first-order valence-corrected chi connectivity index (χ1v) is 24.8. The van der Waals surface area contributed by atoms with Gasteiger partial charge in [0.2, 0.25) is 20.9 Å². The average molecular weight is 1020 g/mol. The Balaban J connectivity index is 0.000000161. The highest BCUT2D eigenvalue weighted by Crippen LogP contribution is 2.35. The van der Waals surface area contributed by atoms with Gasteiger partial charge in [0.15, 0.2) is 0 Å². The molecule has 2 fully saturated rings. The largest absolute Gasteiger partial charge is 0.497 e. The van der Waals surface area contributed by atoms with Crippen molar-refractivity contribution < 1.29 is 27.4 Å². The lowest BCUT2D eigenvalue weighted by Crippen LogP contribution is -2.28. The highest BCUT2D eigenvalue weighted by Gasteiger charge is 2.21. The Morgan fingerprint density at radius 3 is 1.56 bits per heavy atom. The fourth-order valence-electron chi connectivity index (χ4n) is 7.41. The molecule has 4 aromatic carbocycles. The summed E-state index contributed by atoms with van der Waals surface area (Å²) in [4.78, 5) is 26.9. The number of hydrogen-bond acceptors (Lipinski definition) is 14. The second kappa shape index (κ2) is 21.8. The van der Waals surface area contributed by atoms with Gasteiger partial charge in [-0.1, -0.05) is 46.4 Å². The number of benzene rings is 4. The predicted molar refractivity (Wildman–Crippen MR) is 266 cm³/mol. The van der Waals surface area contributed by atoms with Crippen molar-refractivity contribution in [2.75, 3.05) is 52.2 Å². The van der Waals surface area contributed by atoms with Crippen molar-refractivity contribution in [2.24, 2.45) is 5.73 Å². The van der Waals surface area contributed by atoms with Crippen LogP contribution in [0.1, 0.15) is 25.7 Å². The zero-order chi connectivity index (χ0) is 48.0. The fourth-order valence-corrected chi connectivity index (χ4v) is 8.52. The molecule has 0 unspecified atom stereocenters. The molecule has 16 nitrogen and oxygen atoms in total. The quantitative estimate of drug-likeness (QED) is 0.130. The standard InChI is InChI=1S/C23H21Cl2N5O2.C19H14Cl2N4O3S.C5H11NO/c1-31-16-3-5-20-19(13-16)28-22(14-2-4-17(24)18(25)12-14)30(20)21-6-9-26-23(29-21)27-15-7-10-32-11-8-15;1-28-12-4-6-16-15(10-12)23-18(11-3-5-13(20)14(21)9-11)25(16)17-7-8-22-19(24-17)29(2,26)27;6-5-1-3-7-4-2-5/h2-6,9,12-13,15H,7-8,10-11H2,1H3,(H,26,27,29);3-10H,1-2H3;5H,1-4,6H2. The van der Waals surface area contributed by atoms with Crippen molar-refractivity contribution in [1.29, 1.82) is 0 Å². The molecule has 354 valence electrons. The third kappa shape index (κ3) is 11.4. The van der Waals surface area contributed by atoms with Crippen molar-refractivity contribution in [1.82, 2.24) is 39.0 Å². The topological polar surface area (TPSA) is 196 Å². The third-order valence-corrected chi connectivity index (χ3v) is 13.3. The summed E-state index contributed by atoms with van der Waals surface area (Å²) in [6, 6.07) is 26.0. The zero-order valence-corrected chi connectivity index (χ0v) is 40.9. The number of sulfone groups is 1. The van der Waals surface area contributed by atoms with Gasteiger partial charge >= 0.3 is 0 Å². The number of anilines is 1. The van der Waals surface area contributed by atoms with Crippen molar-refractivity contribution in [3.63, 3.8) is 0 Å². The van der Waals surface area contributed by atoms with E-state index in [1.54, 1.807) is 73.5 Å². The van der Waals surface area contributed by atoms with Crippen LogP contribution < -0.4 is 20.5 Å². The van der Waals surface area contributed by atoms with Gasteiger partial charge in [-0.05, 0) is 98.5 Å². The van der Waals surface area contributed by atoms with E-state index >= 15 is 0 Å². The van der Waals surface area contributed by atoms with Gasteiger partial charge in [-0.25, -0.2) is 33.3 Å². The molecule has 0 spiro atoms. The number of methoxy groups -OCH3 is 2. The number of nitrogens with zero attached hydrogens (tertiary/aromatic N) is 8. The lowest BCUT2D eigenvalue weighted by atomic mass is 10.1. The number of rotatable bonds is 9. The maximum absolute atomic E-state index is 11.9. The first kappa shape index (κ1) is 48.8. The van der Waals surface area contributed by atoms with Crippen LogP contribution in [0.2, 0.25) is 20.1 Å². The van der Waals surface area contributed by atoms with Crippen LogP contribution in [0.4, 0.5) is 5.95 Å². The first-order valence-electron chi connectivity index (χ1n) is 21.4. The molecule has 0 saturated carbocycles. The molecule has 0 aliphatic carbocycles. The van der Waals surface area contributed by atoms with Crippen LogP contribution >= 0.6 is 46.4 Å². The van der Waals surface area contributed by atoms with Crippen molar-refractivity contribution in [3.8, 4) is 45.9 Å². The molecule has 0 bridgehead atoms. The first-order chi connectivity index (χ1) is 32.8. The molecule has 2 saturated heterocycles. The molecule has 6 heterocycles. The maximum atomic E-state index is 11.9. The summed E-state index contributed by atoms with van der Waals surface area (Å²) < 4.78 is 48.8. The minimum Gasteiger partial charge on any atom is -0.497 e. The summed E-state index contributed by atoms with van der Waals surface area (Å²) in [5.41, 5.74) is 10.1. The number of fused-ring (bicyclic) bond motifs is 2. The number of aromatic nitrogens is 8. The van der Waals surface area contributed by atoms with E-state index in [1.165, 1.54) is 6.20 Å². The molecule has 21 heteroatoms. The van der Waals surface area contributed by atoms with Crippen molar-refractivity contribution in [2.45, 2.75) is 42.9 Å². The van der Waals surface area contributed by atoms with E-state index in [0.29, 0.717) is 77.7 Å². The Morgan fingerprint density at radius 2 is 1.10 bits per heavy atom. The minimum absolute atomic E-state index is 0.273. The van der Waals surface area contributed by atoms with Gasteiger partial charge in [-0.2, -0.15) is 4.98 Å². The van der Waals surface area contributed by atoms with Crippen LogP contribution in [0.25, 0.3) is 56.5 Å². The summed E-state index contributed by atoms with van der Waals surface area (Å²) in [6.07, 6.45) is 8.14. The van der Waals surface area contributed by atoms with E-state index in [-0.39, 0.29) is 11.2 Å². The van der Waals surface area contributed by atoms with Gasteiger partial charge in [0, 0.05) is 80.4 Å². The van der Waals surface area contributed by atoms with E-state index in [4.69, 9.17) is 86.0 Å². The summed E-state index contributed by atoms with van der Waals surface area (Å²) >= 11 is 24.7. The van der Waals surface area contributed by atoms with E-state index in [0.717, 1.165) is 80.7 Å². The second-order valence-corrected chi connectivity index (χ2v) is 19.2. The van der Waals surface area contributed by atoms with Crippen molar-refractivity contribution >= 4 is 84.3 Å². The summed E-state index contributed by atoms with van der Waals surface area (Å²) in [7, 11) is -0.379. The highest BCUT2D eigenvalue weighted by molar-refractivity contribution is 7.90. The smallest absolute Gasteiger partial charge is 0.248 e. The molecule has 10 rings (SSSR count). The van der Waals surface area contributed by atoms with Gasteiger partial charge in [-0.3, -0.25) is 9.13 Å². The van der Waals surface area contributed by atoms with Gasteiger partial charge in [0.1, 0.15) is 34.8 Å².